The van der Waals surface area contributed by atoms with Crippen molar-refractivity contribution in [2.45, 2.75) is 38.6 Å². The molecule has 0 bridgehead atoms. The minimum absolute atomic E-state index is 0.0665. The van der Waals surface area contributed by atoms with Crippen molar-refractivity contribution in [3.8, 4) is 0 Å². The smallest absolute Gasteiger partial charge is 0.416 e. The van der Waals surface area contributed by atoms with Crippen molar-refractivity contribution in [3.63, 3.8) is 0 Å². The molecule has 0 radical (unpaired) electrons. The summed E-state index contributed by atoms with van der Waals surface area (Å²) >= 11 is 0. The molecular formula is C21H23F3N2O3. The van der Waals surface area contributed by atoms with Crippen LogP contribution in [-0.2, 0) is 22.3 Å². The van der Waals surface area contributed by atoms with Crippen molar-refractivity contribution in [2.75, 3.05) is 6.54 Å². The summed E-state index contributed by atoms with van der Waals surface area (Å²) in [6.07, 6.45) is -4.09. The van der Waals surface area contributed by atoms with E-state index in [9.17, 15) is 22.8 Å². The minimum Gasteiger partial charge on any atom is -0.445 e. The lowest BCUT2D eigenvalue weighted by Crippen LogP contribution is -2.38. The van der Waals surface area contributed by atoms with Crippen LogP contribution in [0.1, 0.15) is 42.5 Å². The molecule has 2 aromatic rings. The molecule has 0 saturated heterocycles. The van der Waals surface area contributed by atoms with Crippen LogP contribution in [0.3, 0.4) is 0 Å². The van der Waals surface area contributed by atoms with Gasteiger partial charge in [0.15, 0.2) is 0 Å². The third-order valence-electron chi connectivity index (χ3n) is 4.13. The first-order chi connectivity index (χ1) is 13.8. The second-order valence-electron chi connectivity index (χ2n) is 6.45. The van der Waals surface area contributed by atoms with E-state index in [2.05, 4.69) is 10.6 Å². The molecule has 0 fully saturated rings. The molecule has 2 rings (SSSR count). The molecule has 2 N–H and O–H groups in total. The maximum atomic E-state index is 12.9. The van der Waals surface area contributed by atoms with Crippen molar-refractivity contribution >= 4 is 12.0 Å². The number of carbonyl (C=O) groups excluding carboxylic acids is 2. The Morgan fingerprint density at radius 2 is 1.79 bits per heavy atom. The van der Waals surface area contributed by atoms with E-state index in [0.717, 1.165) is 17.7 Å². The lowest BCUT2D eigenvalue weighted by atomic mass is 10.00. The monoisotopic (exact) mass is 408 g/mol. The molecular weight excluding hydrogens is 385 g/mol. The second kappa shape index (κ2) is 10.5. The summed E-state index contributed by atoms with van der Waals surface area (Å²) in [5.74, 6) is -0.516. The van der Waals surface area contributed by atoms with Gasteiger partial charge in [-0.25, -0.2) is 4.79 Å². The highest BCUT2D eigenvalue weighted by atomic mass is 19.4. The van der Waals surface area contributed by atoms with E-state index in [-0.39, 0.29) is 13.2 Å². The quantitative estimate of drug-likeness (QED) is 0.671. The Bertz CT molecular complexity index is 810. The lowest BCUT2D eigenvalue weighted by Gasteiger charge is -2.20. The average Bonchev–Trinajstić information content (AvgIpc) is 2.70. The number of alkyl halides is 3. The molecule has 0 saturated carbocycles. The summed E-state index contributed by atoms with van der Waals surface area (Å²) in [5, 5.41) is 5.00. The number of hydrogen-bond donors (Lipinski definition) is 2. The van der Waals surface area contributed by atoms with Gasteiger partial charge >= 0.3 is 12.3 Å². The number of rotatable bonds is 8. The molecule has 1 unspecified atom stereocenters. The summed E-state index contributed by atoms with van der Waals surface area (Å²) in [7, 11) is 0. The third-order valence-corrected chi connectivity index (χ3v) is 4.13. The predicted molar refractivity (Wildman–Crippen MR) is 102 cm³/mol. The second-order valence-corrected chi connectivity index (χ2v) is 6.45. The first-order valence-electron chi connectivity index (χ1n) is 9.20. The summed E-state index contributed by atoms with van der Waals surface area (Å²) in [4.78, 5) is 23.9. The zero-order valence-electron chi connectivity index (χ0n) is 16.0. The van der Waals surface area contributed by atoms with Crippen molar-refractivity contribution in [1.29, 1.82) is 0 Å². The predicted octanol–water partition coefficient (Wildman–Crippen LogP) is 4.59. The van der Waals surface area contributed by atoms with E-state index in [1.165, 1.54) is 12.1 Å². The van der Waals surface area contributed by atoms with E-state index in [1.807, 2.05) is 25.1 Å². The van der Waals surface area contributed by atoms with Gasteiger partial charge in [0.25, 0.3) is 0 Å². The Kier molecular flexibility index (Phi) is 8.06. The van der Waals surface area contributed by atoms with E-state index >= 15 is 0 Å². The van der Waals surface area contributed by atoms with Crippen LogP contribution >= 0.6 is 0 Å². The van der Waals surface area contributed by atoms with Crippen LogP contribution in [0, 0.1) is 0 Å². The number of nitrogens with one attached hydrogen (secondary N) is 2. The van der Waals surface area contributed by atoms with Crippen LogP contribution in [0.25, 0.3) is 0 Å². The van der Waals surface area contributed by atoms with Crippen LogP contribution in [0.4, 0.5) is 18.0 Å². The molecule has 0 aromatic heterocycles. The van der Waals surface area contributed by atoms with Crippen LogP contribution < -0.4 is 10.6 Å². The van der Waals surface area contributed by atoms with Gasteiger partial charge in [0.05, 0.1) is 11.6 Å². The number of ether oxygens (including phenoxy) is 1. The summed E-state index contributed by atoms with van der Waals surface area (Å²) in [6, 6.07) is 13.3. The number of benzene rings is 2. The first kappa shape index (κ1) is 22.3. The molecule has 2 amide bonds. The van der Waals surface area contributed by atoms with Crippen LogP contribution in [-0.4, -0.2) is 18.5 Å². The zero-order valence-corrected chi connectivity index (χ0v) is 16.0. The largest absolute Gasteiger partial charge is 0.445 e. The molecule has 0 heterocycles. The maximum Gasteiger partial charge on any atom is 0.416 e. The fraction of sp³-hybridized carbons (Fsp3) is 0.333. The van der Waals surface area contributed by atoms with Gasteiger partial charge in [-0.2, -0.15) is 13.2 Å². The summed E-state index contributed by atoms with van der Waals surface area (Å²) < 4.78 is 43.8. The SMILES string of the molecule is CCCC(NC(=O)CNC(=O)OCc1ccccc1)c1cccc(C(F)(F)F)c1. The van der Waals surface area contributed by atoms with E-state index < -0.39 is 29.8 Å². The average molecular weight is 408 g/mol. The third kappa shape index (κ3) is 7.48. The molecule has 156 valence electrons. The van der Waals surface area contributed by atoms with Gasteiger partial charge in [0.2, 0.25) is 5.91 Å². The fourth-order valence-electron chi connectivity index (χ4n) is 2.71. The van der Waals surface area contributed by atoms with Gasteiger partial charge in [0, 0.05) is 0 Å². The minimum atomic E-state index is -4.46. The number of carbonyl (C=O) groups is 2. The number of alkyl carbamates (subject to hydrolysis) is 1. The normalized spacial score (nSPS) is 12.1. The number of halogens is 3. The molecule has 0 spiro atoms. The Morgan fingerprint density at radius 3 is 2.45 bits per heavy atom. The highest BCUT2D eigenvalue weighted by molar-refractivity contribution is 5.82. The molecule has 0 aliphatic rings. The number of amides is 2. The first-order valence-corrected chi connectivity index (χ1v) is 9.20. The van der Waals surface area contributed by atoms with Gasteiger partial charge in [-0.3, -0.25) is 4.79 Å². The van der Waals surface area contributed by atoms with Crippen molar-refractivity contribution < 1.29 is 27.5 Å². The molecule has 0 aliphatic carbocycles. The van der Waals surface area contributed by atoms with Crippen molar-refractivity contribution in [1.82, 2.24) is 10.6 Å². The van der Waals surface area contributed by atoms with E-state index in [0.29, 0.717) is 18.4 Å². The van der Waals surface area contributed by atoms with Gasteiger partial charge < -0.3 is 15.4 Å². The Hall–Kier alpha value is -3.03. The van der Waals surface area contributed by atoms with Crippen LogP contribution in [0.2, 0.25) is 0 Å². The van der Waals surface area contributed by atoms with Crippen molar-refractivity contribution in [2.24, 2.45) is 0 Å². The Balaban J connectivity index is 1.88. The van der Waals surface area contributed by atoms with Gasteiger partial charge in [0.1, 0.15) is 13.2 Å². The van der Waals surface area contributed by atoms with Crippen LogP contribution in [0.15, 0.2) is 54.6 Å². The molecule has 0 aliphatic heterocycles. The summed E-state index contributed by atoms with van der Waals surface area (Å²) in [6.45, 7) is 1.59. The molecule has 8 heteroatoms. The maximum absolute atomic E-state index is 12.9. The van der Waals surface area contributed by atoms with Gasteiger partial charge in [-0.15, -0.1) is 0 Å². The van der Waals surface area contributed by atoms with E-state index in [1.54, 1.807) is 12.1 Å². The lowest BCUT2D eigenvalue weighted by molar-refractivity contribution is -0.137. The van der Waals surface area contributed by atoms with Gasteiger partial charge in [-0.1, -0.05) is 55.8 Å². The van der Waals surface area contributed by atoms with E-state index in [4.69, 9.17) is 4.74 Å². The van der Waals surface area contributed by atoms with Gasteiger partial charge in [-0.05, 0) is 29.7 Å². The summed E-state index contributed by atoms with van der Waals surface area (Å²) in [5.41, 5.74) is 0.398. The standard InChI is InChI=1S/C21H23F3N2O3/c1-2-7-18(16-10-6-11-17(12-16)21(22,23)24)26-19(27)13-25-20(28)29-14-15-8-4-3-5-9-15/h3-6,8-12,18H,2,7,13-14H2,1H3,(H,25,28)(H,26,27). The topological polar surface area (TPSA) is 67.4 Å². The highest BCUT2D eigenvalue weighted by Crippen LogP contribution is 2.31. The molecule has 5 nitrogen and oxygen atoms in total. The van der Waals surface area contributed by atoms with Crippen molar-refractivity contribution in [3.05, 3.63) is 71.3 Å². The number of hydrogen-bond acceptors (Lipinski definition) is 3. The van der Waals surface area contributed by atoms with Crippen LogP contribution in [0.5, 0.6) is 0 Å². The Morgan fingerprint density at radius 1 is 1.07 bits per heavy atom. The molecule has 1 atom stereocenters. The fourth-order valence-corrected chi connectivity index (χ4v) is 2.71. The molecule has 2 aromatic carbocycles. The molecule has 29 heavy (non-hydrogen) atoms. The zero-order chi connectivity index (χ0) is 21.3. The Labute approximate surface area is 167 Å². The highest BCUT2D eigenvalue weighted by Gasteiger charge is 2.31.